The summed E-state index contributed by atoms with van der Waals surface area (Å²) < 4.78 is 64.6. The molecule has 2 aromatic rings. The zero-order valence-electron chi connectivity index (χ0n) is 16.5. The van der Waals surface area contributed by atoms with E-state index < -0.39 is 21.8 Å². The topological polar surface area (TPSA) is 57.7 Å². The Morgan fingerprint density at radius 1 is 0.871 bits per heavy atom. The molecule has 1 fully saturated rings. The summed E-state index contributed by atoms with van der Waals surface area (Å²) in [7, 11) is -3.61. The van der Waals surface area contributed by atoms with Crippen molar-refractivity contribution < 1.29 is 26.4 Å². The van der Waals surface area contributed by atoms with Crippen molar-refractivity contribution >= 4 is 28.1 Å². The number of sulfonamides is 1. The lowest BCUT2D eigenvalue weighted by Crippen LogP contribution is -2.49. The summed E-state index contributed by atoms with van der Waals surface area (Å²) in [5, 5.41) is 1.15. The highest BCUT2D eigenvalue weighted by atomic mass is 32.2. The van der Waals surface area contributed by atoms with Crippen LogP contribution in [-0.2, 0) is 21.0 Å². The van der Waals surface area contributed by atoms with E-state index in [-0.39, 0.29) is 37.6 Å². The molecule has 164 valence electrons. The molecule has 1 saturated heterocycles. The van der Waals surface area contributed by atoms with E-state index in [1.807, 2.05) is 18.2 Å². The van der Waals surface area contributed by atoms with Crippen LogP contribution in [0, 0.1) is 0 Å². The van der Waals surface area contributed by atoms with E-state index in [1.54, 1.807) is 12.1 Å². The summed E-state index contributed by atoms with van der Waals surface area (Å²) in [4.78, 5) is 13.8. The van der Waals surface area contributed by atoms with Gasteiger partial charge in [-0.05, 0) is 35.4 Å². The predicted molar refractivity (Wildman–Crippen MR) is 113 cm³/mol. The molecule has 1 amide bonds. The molecule has 9 heteroatoms. The van der Waals surface area contributed by atoms with Gasteiger partial charge in [-0.2, -0.15) is 17.5 Å². The quantitative estimate of drug-likeness (QED) is 0.650. The minimum Gasteiger partial charge on any atom is -0.337 e. The fourth-order valence-corrected chi connectivity index (χ4v) is 4.24. The average molecular weight is 450 g/mol. The molecule has 0 aliphatic carbocycles. The van der Waals surface area contributed by atoms with E-state index >= 15 is 0 Å². The molecule has 0 bridgehead atoms. The van der Waals surface area contributed by atoms with Crippen molar-refractivity contribution in [3.05, 3.63) is 82.8 Å². The van der Waals surface area contributed by atoms with Gasteiger partial charge in [0.1, 0.15) is 0 Å². The second-order valence-corrected chi connectivity index (χ2v) is 8.76. The summed E-state index contributed by atoms with van der Waals surface area (Å²) in [5.74, 6) is -0.380. The van der Waals surface area contributed by atoms with Gasteiger partial charge >= 0.3 is 6.18 Å². The Morgan fingerprint density at radius 2 is 1.52 bits per heavy atom. The molecule has 0 atom stereocenters. The van der Waals surface area contributed by atoms with Crippen LogP contribution in [0.4, 0.5) is 13.2 Å². The molecule has 5 nitrogen and oxygen atoms in total. The Kier molecular flexibility index (Phi) is 6.97. The molecule has 1 aliphatic rings. The number of benzene rings is 2. The van der Waals surface area contributed by atoms with Crippen molar-refractivity contribution in [2.75, 3.05) is 26.2 Å². The van der Waals surface area contributed by atoms with Gasteiger partial charge in [-0.15, -0.1) is 0 Å². The van der Waals surface area contributed by atoms with Crippen molar-refractivity contribution in [2.45, 2.75) is 6.18 Å². The average Bonchev–Trinajstić information content (AvgIpc) is 2.76. The molecular weight excluding hydrogens is 429 g/mol. The van der Waals surface area contributed by atoms with Crippen LogP contribution < -0.4 is 0 Å². The Hall–Kier alpha value is -2.91. The summed E-state index contributed by atoms with van der Waals surface area (Å²) in [6.45, 7) is 0.684. The lowest BCUT2D eigenvalue weighted by atomic mass is 10.1. The first kappa shape index (κ1) is 22.8. The molecule has 0 unspecified atom stereocenters. The fraction of sp³-hybridized carbons (Fsp3) is 0.227. The SMILES string of the molecule is O=C(C=Cc1cccc(C(F)(F)F)c1)N1CCN(S(=O)(=O)C=Cc2ccccc2)CC1. The molecule has 0 radical (unpaired) electrons. The third-order valence-electron chi connectivity index (χ3n) is 4.77. The number of amides is 1. The normalized spacial score (nSPS) is 16.3. The minimum absolute atomic E-state index is 0.143. The van der Waals surface area contributed by atoms with Crippen LogP contribution in [0.2, 0.25) is 0 Å². The Labute approximate surface area is 179 Å². The number of piperazine rings is 1. The van der Waals surface area contributed by atoms with E-state index in [0.717, 1.165) is 23.1 Å². The van der Waals surface area contributed by atoms with Gasteiger partial charge in [0.2, 0.25) is 15.9 Å². The van der Waals surface area contributed by atoms with E-state index in [9.17, 15) is 26.4 Å². The predicted octanol–water partition coefficient (Wildman–Crippen LogP) is 3.86. The zero-order chi connectivity index (χ0) is 22.5. The Morgan fingerprint density at radius 3 is 2.16 bits per heavy atom. The Balaban J connectivity index is 1.57. The highest BCUT2D eigenvalue weighted by Gasteiger charge is 2.30. The van der Waals surface area contributed by atoms with Crippen LogP contribution >= 0.6 is 0 Å². The summed E-state index contributed by atoms with van der Waals surface area (Å²) in [6, 6.07) is 13.7. The van der Waals surface area contributed by atoms with Crippen molar-refractivity contribution in [3.63, 3.8) is 0 Å². The summed E-state index contributed by atoms with van der Waals surface area (Å²) >= 11 is 0. The summed E-state index contributed by atoms with van der Waals surface area (Å²) in [5.41, 5.74) is 0.236. The molecule has 1 heterocycles. The highest BCUT2D eigenvalue weighted by molar-refractivity contribution is 7.92. The first-order chi connectivity index (χ1) is 14.6. The van der Waals surface area contributed by atoms with Crippen LogP contribution in [0.3, 0.4) is 0 Å². The maximum absolute atomic E-state index is 12.8. The fourth-order valence-electron chi connectivity index (χ4n) is 3.07. The number of hydrogen-bond acceptors (Lipinski definition) is 3. The second-order valence-electron chi connectivity index (χ2n) is 6.94. The second kappa shape index (κ2) is 9.49. The van der Waals surface area contributed by atoms with Gasteiger partial charge in [0.15, 0.2) is 0 Å². The van der Waals surface area contributed by atoms with Crippen molar-refractivity contribution in [2.24, 2.45) is 0 Å². The smallest absolute Gasteiger partial charge is 0.337 e. The van der Waals surface area contributed by atoms with E-state index in [4.69, 9.17) is 0 Å². The van der Waals surface area contributed by atoms with Crippen LogP contribution in [-0.4, -0.2) is 49.7 Å². The van der Waals surface area contributed by atoms with E-state index in [0.29, 0.717) is 0 Å². The Bertz CT molecular complexity index is 1070. The number of alkyl halides is 3. The molecule has 3 rings (SSSR count). The zero-order valence-corrected chi connectivity index (χ0v) is 17.3. The molecule has 0 aromatic heterocycles. The number of hydrogen-bond donors (Lipinski definition) is 0. The van der Waals surface area contributed by atoms with Gasteiger partial charge in [-0.25, -0.2) is 8.42 Å². The number of carbonyl (C=O) groups is 1. The lowest BCUT2D eigenvalue weighted by Gasteiger charge is -2.32. The van der Waals surface area contributed by atoms with E-state index in [1.165, 1.54) is 39.6 Å². The first-order valence-corrected chi connectivity index (χ1v) is 11.0. The summed E-state index contributed by atoms with van der Waals surface area (Å²) in [6.07, 6.45) is -0.409. The van der Waals surface area contributed by atoms with Crippen molar-refractivity contribution in [1.82, 2.24) is 9.21 Å². The molecule has 0 saturated carbocycles. The van der Waals surface area contributed by atoms with Crippen LogP contribution in [0.5, 0.6) is 0 Å². The van der Waals surface area contributed by atoms with Gasteiger partial charge in [-0.3, -0.25) is 4.79 Å². The third kappa shape index (κ3) is 6.28. The monoisotopic (exact) mass is 450 g/mol. The number of carbonyl (C=O) groups excluding carboxylic acids is 1. The van der Waals surface area contributed by atoms with Gasteiger partial charge in [0.25, 0.3) is 0 Å². The third-order valence-corrected chi connectivity index (χ3v) is 6.34. The van der Waals surface area contributed by atoms with Gasteiger partial charge in [0.05, 0.1) is 5.56 Å². The van der Waals surface area contributed by atoms with Gasteiger partial charge < -0.3 is 4.90 Å². The van der Waals surface area contributed by atoms with Crippen molar-refractivity contribution in [3.8, 4) is 0 Å². The number of nitrogens with zero attached hydrogens (tertiary/aromatic N) is 2. The lowest BCUT2D eigenvalue weighted by molar-refractivity contribution is -0.137. The van der Waals surface area contributed by atoms with Crippen LogP contribution in [0.1, 0.15) is 16.7 Å². The van der Waals surface area contributed by atoms with Crippen LogP contribution in [0.25, 0.3) is 12.2 Å². The van der Waals surface area contributed by atoms with Crippen LogP contribution in [0.15, 0.2) is 66.1 Å². The molecule has 1 aliphatic heterocycles. The molecule has 0 N–H and O–H groups in total. The van der Waals surface area contributed by atoms with Gasteiger partial charge in [0, 0.05) is 37.7 Å². The molecule has 2 aromatic carbocycles. The standard InChI is InChI=1S/C22H21F3N2O3S/c23-22(24,25)20-8-4-7-19(17-20)9-10-21(28)26-12-14-27(15-13-26)31(29,30)16-11-18-5-2-1-3-6-18/h1-11,16-17H,12-15H2. The van der Waals surface area contributed by atoms with Crippen molar-refractivity contribution in [1.29, 1.82) is 0 Å². The number of halogens is 3. The maximum Gasteiger partial charge on any atom is 0.416 e. The number of rotatable bonds is 5. The molecule has 31 heavy (non-hydrogen) atoms. The minimum atomic E-state index is -4.45. The largest absolute Gasteiger partial charge is 0.416 e. The maximum atomic E-state index is 12.8. The first-order valence-electron chi connectivity index (χ1n) is 9.53. The van der Waals surface area contributed by atoms with E-state index in [2.05, 4.69) is 0 Å². The molecule has 0 spiro atoms. The molecular formula is C22H21F3N2O3S. The van der Waals surface area contributed by atoms with Gasteiger partial charge in [-0.1, -0.05) is 42.5 Å². The highest BCUT2D eigenvalue weighted by Crippen LogP contribution is 2.29.